The number of hydrogen-bond donors (Lipinski definition) is 2. The second kappa shape index (κ2) is 5.75. The van der Waals surface area contributed by atoms with E-state index in [-0.39, 0.29) is 25.0 Å². The maximum Gasteiger partial charge on any atom is 0.326 e. The molecule has 7 nitrogen and oxygen atoms in total. The first kappa shape index (κ1) is 14.1. The molecule has 19 heavy (non-hydrogen) atoms. The number of rotatable bonds is 2. The standard InChI is InChI=1S/C12H20N2O5/c1-13(8-2-4-19-5-3-8)12(18)14-7-9(15)6-10(14)11(16)17/h8-10,15H,2-7H2,1H3,(H,16,17)/t9-,10-/m0/s1. The minimum absolute atomic E-state index is 0.0773. The quantitative estimate of drug-likeness (QED) is 0.722. The molecule has 0 radical (unpaired) electrons. The minimum Gasteiger partial charge on any atom is -0.480 e. The Morgan fingerprint density at radius 1 is 1.32 bits per heavy atom. The van der Waals surface area contributed by atoms with E-state index in [1.165, 1.54) is 4.90 Å². The van der Waals surface area contributed by atoms with Crippen LogP contribution in [0.4, 0.5) is 4.79 Å². The van der Waals surface area contributed by atoms with E-state index in [0.29, 0.717) is 13.2 Å². The van der Waals surface area contributed by atoms with Crippen molar-refractivity contribution in [3.8, 4) is 0 Å². The number of likely N-dealkylation sites (tertiary alicyclic amines) is 1. The SMILES string of the molecule is CN(C(=O)N1C[C@@H](O)C[C@H]1C(=O)O)C1CCOCC1. The smallest absolute Gasteiger partial charge is 0.326 e. The number of nitrogens with zero attached hydrogens (tertiary/aromatic N) is 2. The molecule has 0 saturated carbocycles. The Morgan fingerprint density at radius 2 is 1.95 bits per heavy atom. The molecule has 2 saturated heterocycles. The van der Waals surface area contributed by atoms with Gasteiger partial charge in [-0.1, -0.05) is 0 Å². The molecule has 0 aromatic heterocycles. The highest BCUT2D eigenvalue weighted by molar-refractivity contribution is 5.83. The summed E-state index contributed by atoms with van der Waals surface area (Å²) in [6, 6.07) is -1.17. The van der Waals surface area contributed by atoms with Crippen LogP contribution in [0.1, 0.15) is 19.3 Å². The third kappa shape index (κ3) is 2.98. The highest BCUT2D eigenvalue weighted by Crippen LogP contribution is 2.22. The van der Waals surface area contributed by atoms with Gasteiger partial charge in [0.25, 0.3) is 0 Å². The van der Waals surface area contributed by atoms with Crippen molar-refractivity contribution in [2.75, 3.05) is 26.8 Å². The summed E-state index contributed by atoms with van der Waals surface area (Å²) < 4.78 is 5.25. The largest absolute Gasteiger partial charge is 0.480 e. The molecule has 0 unspecified atom stereocenters. The molecule has 0 bridgehead atoms. The Morgan fingerprint density at radius 3 is 2.53 bits per heavy atom. The van der Waals surface area contributed by atoms with Crippen molar-refractivity contribution in [2.45, 2.75) is 37.5 Å². The molecule has 0 spiro atoms. The molecular weight excluding hydrogens is 252 g/mol. The van der Waals surface area contributed by atoms with Crippen LogP contribution in [0.15, 0.2) is 0 Å². The summed E-state index contributed by atoms with van der Waals surface area (Å²) in [4.78, 5) is 26.3. The zero-order chi connectivity index (χ0) is 14.0. The molecule has 2 heterocycles. The van der Waals surface area contributed by atoms with Crippen LogP contribution in [-0.4, -0.2) is 77.0 Å². The molecule has 0 aromatic carbocycles. The fourth-order valence-electron chi connectivity index (χ4n) is 2.69. The zero-order valence-electron chi connectivity index (χ0n) is 11.0. The van der Waals surface area contributed by atoms with E-state index < -0.39 is 18.1 Å². The average molecular weight is 272 g/mol. The molecule has 2 rings (SSSR count). The number of amides is 2. The molecule has 108 valence electrons. The normalized spacial score (nSPS) is 28.4. The number of urea groups is 1. The second-order valence-electron chi connectivity index (χ2n) is 5.13. The van der Waals surface area contributed by atoms with Gasteiger partial charge in [-0.2, -0.15) is 0 Å². The molecule has 2 amide bonds. The van der Waals surface area contributed by atoms with Crippen molar-refractivity contribution in [1.29, 1.82) is 0 Å². The number of aliphatic hydroxyl groups is 1. The Balaban J connectivity index is 2.02. The first-order valence-corrected chi connectivity index (χ1v) is 6.52. The van der Waals surface area contributed by atoms with Crippen molar-refractivity contribution in [2.24, 2.45) is 0 Å². The Labute approximate surface area is 111 Å². The van der Waals surface area contributed by atoms with Crippen molar-refractivity contribution in [3.05, 3.63) is 0 Å². The van der Waals surface area contributed by atoms with Crippen LogP contribution >= 0.6 is 0 Å². The number of β-amino-alcohol motifs (C(OH)–C–C–N with tert-alkyl or cyclic N) is 1. The lowest BCUT2D eigenvalue weighted by atomic mass is 10.1. The highest BCUT2D eigenvalue weighted by Gasteiger charge is 2.41. The van der Waals surface area contributed by atoms with Gasteiger partial charge < -0.3 is 24.7 Å². The number of hydrogen-bond acceptors (Lipinski definition) is 4. The van der Waals surface area contributed by atoms with E-state index in [9.17, 15) is 14.7 Å². The van der Waals surface area contributed by atoms with Crippen molar-refractivity contribution >= 4 is 12.0 Å². The highest BCUT2D eigenvalue weighted by atomic mass is 16.5. The van der Waals surface area contributed by atoms with Crippen LogP contribution < -0.4 is 0 Å². The third-order valence-corrected chi connectivity index (χ3v) is 3.85. The van der Waals surface area contributed by atoms with Gasteiger partial charge in [0.05, 0.1) is 6.10 Å². The van der Waals surface area contributed by atoms with Gasteiger partial charge in [-0.25, -0.2) is 9.59 Å². The van der Waals surface area contributed by atoms with E-state index in [4.69, 9.17) is 9.84 Å². The summed E-state index contributed by atoms with van der Waals surface area (Å²) in [5, 5.41) is 18.7. The molecule has 0 aromatic rings. The molecular formula is C12H20N2O5. The average Bonchev–Trinajstić information content (AvgIpc) is 2.80. The summed E-state index contributed by atoms with van der Waals surface area (Å²) in [5.41, 5.74) is 0. The lowest BCUT2D eigenvalue weighted by molar-refractivity contribution is -0.141. The van der Waals surface area contributed by atoms with Crippen LogP contribution in [0.25, 0.3) is 0 Å². The summed E-state index contributed by atoms with van der Waals surface area (Å²) in [6.45, 7) is 1.32. The molecule has 7 heteroatoms. The van der Waals surface area contributed by atoms with Crippen molar-refractivity contribution in [1.82, 2.24) is 9.80 Å². The van der Waals surface area contributed by atoms with Crippen LogP contribution in [0.2, 0.25) is 0 Å². The van der Waals surface area contributed by atoms with Crippen molar-refractivity contribution in [3.63, 3.8) is 0 Å². The fraction of sp³-hybridized carbons (Fsp3) is 0.833. The van der Waals surface area contributed by atoms with E-state index in [2.05, 4.69) is 0 Å². The first-order chi connectivity index (χ1) is 9.00. The van der Waals surface area contributed by atoms with Crippen molar-refractivity contribution < 1.29 is 24.5 Å². The number of ether oxygens (including phenoxy) is 1. The number of aliphatic carboxylic acids is 1. The number of carboxylic acids is 1. The molecule has 0 aliphatic carbocycles. The number of aliphatic hydroxyl groups excluding tert-OH is 1. The topological polar surface area (TPSA) is 90.3 Å². The summed E-state index contributed by atoms with van der Waals surface area (Å²) >= 11 is 0. The minimum atomic E-state index is -1.06. The maximum atomic E-state index is 12.3. The van der Waals surface area contributed by atoms with Gasteiger partial charge in [-0.3, -0.25) is 0 Å². The lowest BCUT2D eigenvalue weighted by Gasteiger charge is -2.35. The number of carbonyl (C=O) groups is 2. The summed E-state index contributed by atoms with van der Waals surface area (Å²) in [6.07, 6.45) is 0.864. The Bertz CT molecular complexity index is 356. The van der Waals surface area contributed by atoms with Gasteiger partial charge in [-0.15, -0.1) is 0 Å². The molecule has 2 fully saturated rings. The van der Waals surface area contributed by atoms with Crippen LogP contribution in [0, 0.1) is 0 Å². The zero-order valence-corrected chi connectivity index (χ0v) is 11.0. The molecule has 2 aliphatic rings. The van der Waals surface area contributed by atoms with Gasteiger partial charge >= 0.3 is 12.0 Å². The van der Waals surface area contributed by atoms with E-state index >= 15 is 0 Å². The Kier molecular flexibility index (Phi) is 4.26. The predicted molar refractivity (Wildman–Crippen MR) is 65.8 cm³/mol. The summed E-state index contributed by atoms with van der Waals surface area (Å²) in [5.74, 6) is -1.06. The molecule has 2 aliphatic heterocycles. The van der Waals surface area contributed by atoms with E-state index in [1.807, 2.05) is 0 Å². The van der Waals surface area contributed by atoms with Crippen LogP contribution in [-0.2, 0) is 9.53 Å². The van der Waals surface area contributed by atoms with E-state index in [0.717, 1.165) is 12.8 Å². The van der Waals surface area contributed by atoms with Gasteiger partial charge in [0.2, 0.25) is 0 Å². The maximum absolute atomic E-state index is 12.3. The molecule has 2 atom stereocenters. The van der Waals surface area contributed by atoms with Crippen LogP contribution in [0.3, 0.4) is 0 Å². The second-order valence-corrected chi connectivity index (χ2v) is 5.13. The monoisotopic (exact) mass is 272 g/mol. The van der Waals surface area contributed by atoms with Gasteiger partial charge in [0, 0.05) is 39.3 Å². The predicted octanol–water partition coefficient (Wildman–Crippen LogP) is -0.263. The number of carbonyl (C=O) groups excluding carboxylic acids is 1. The van der Waals surface area contributed by atoms with Crippen LogP contribution in [0.5, 0.6) is 0 Å². The molecule has 2 N–H and O–H groups in total. The Hall–Kier alpha value is -1.34. The van der Waals surface area contributed by atoms with Gasteiger partial charge in [-0.05, 0) is 12.8 Å². The fourth-order valence-corrected chi connectivity index (χ4v) is 2.69. The van der Waals surface area contributed by atoms with Gasteiger partial charge in [0.1, 0.15) is 6.04 Å². The first-order valence-electron chi connectivity index (χ1n) is 6.52. The third-order valence-electron chi connectivity index (χ3n) is 3.85. The lowest BCUT2D eigenvalue weighted by Crippen LogP contribution is -2.51. The van der Waals surface area contributed by atoms with Gasteiger partial charge in [0.15, 0.2) is 0 Å². The van der Waals surface area contributed by atoms with E-state index in [1.54, 1.807) is 11.9 Å². The summed E-state index contributed by atoms with van der Waals surface area (Å²) in [7, 11) is 1.68. The number of carboxylic acid groups (broad SMARTS) is 1.